The zero-order valence-electron chi connectivity index (χ0n) is 25.6. The molecule has 13 heteroatoms. The molecule has 0 unspecified atom stereocenters. The third-order valence-electron chi connectivity index (χ3n) is 7.97. The van der Waals surface area contributed by atoms with E-state index in [-0.39, 0.29) is 23.1 Å². The lowest BCUT2D eigenvalue weighted by atomic mass is 9.92. The maximum atomic E-state index is 13.6. The van der Waals surface area contributed by atoms with Crippen LogP contribution in [0.1, 0.15) is 75.5 Å². The molecule has 0 atom stereocenters. The zero-order valence-corrected chi connectivity index (χ0v) is 26.5. The number of hydrogen-bond donors (Lipinski definition) is 2. The normalized spacial score (nSPS) is 16.5. The minimum absolute atomic E-state index is 0.0399. The van der Waals surface area contributed by atoms with E-state index in [4.69, 9.17) is 0 Å². The van der Waals surface area contributed by atoms with Crippen molar-refractivity contribution in [3.05, 3.63) is 51.8 Å². The van der Waals surface area contributed by atoms with Crippen LogP contribution in [0, 0.1) is 6.92 Å². The predicted molar refractivity (Wildman–Crippen MR) is 167 cm³/mol. The van der Waals surface area contributed by atoms with Crippen molar-refractivity contribution in [3.8, 4) is 0 Å². The average molecular weight is 608 g/mol. The lowest BCUT2D eigenvalue weighted by Crippen LogP contribution is -2.36. The van der Waals surface area contributed by atoms with Crippen molar-refractivity contribution < 1.29 is 14.4 Å². The SMILES string of the molecule is Cc1nnsc1C(=O)Nc1cc(C(=O)N2CCCNCC2)ccc1N1CCCN(C(=O)c2cc(C(C)(C)C)nn2C)CC1. The smallest absolute Gasteiger partial charge is 0.272 e. The average Bonchev–Trinajstić information content (AvgIpc) is 3.36. The van der Waals surface area contributed by atoms with Crippen molar-refractivity contribution in [2.24, 2.45) is 7.05 Å². The Kier molecular flexibility index (Phi) is 9.11. The first-order valence-corrected chi connectivity index (χ1v) is 15.6. The van der Waals surface area contributed by atoms with Gasteiger partial charge in [-0.15, -0.1) is 5.10 Å². The van der Waals surface area contributed by atoms with Gasteiger partial charge in [0.25, 0.3) is 17.7 Å². The van der Waals surface area contributed by atoms with Gasteiger partial charge in [0.1, 0.15) is 10.6 Å². The summed E-state index contributed by atoms with van der Waals surface area (Å²) < 4.78 is 5.58. The molecule has 0 aliphatic carbocycles. The van der Waals surface area contributed by atoms with E-state index in [1.807, 2.05) is 35.0 Å². The van der Waals surface area contributed by atoms with Crippen LogP contribution in [0.4, 0.5) is 11.4 Å². The second-order valence-corrected chi connectivity index (χ2v) is 12.9. The molecule has 2 fully saturated rings. The van der Waals surface area contributed by atoms with Gasteiger partial charge in [0.2, 0.25) is 0 Å². The van der Waals surface area contributed by atoms with E-state index in [9.17, 15) is 14.4 Å². The highest BCUT2D eigenvalue weighted by molar-refractivity contribution is 7.08. The molecule has 2 aromatic heterocycles. The fourth-order valence-corrected chi connectivity index (χ4v) is 6.00. The van der Waals surface area contributed by atoms with Crippen LogP contribution in [0.2, 0.25) is 0 Å². The highest BCUT2D eigenvalue weighted by atomic mass is 32.1. The standard InChI is InChI=1S/C30H41N9O3S/c1-20-26(43-35-33-20)27(40)32-22-18-21(28(41)38-12-6-10-31-11-15-38)8-9-23(22)37-13-7-14-39(17-16-37)29(42)24-19-25(30(2,3)4)34-36(24)5/h8-9,18-19,31H,6-7,10-17H2,1-5H3,(H,32,40). The van der Waals surface area contributed by atoms with Crippen LogP contribution in [0.5, 0.6) is 0 Å². The van der Waals surface area contributed by atoms with Gasteiger partial charge in [0.05, 0.1) is 22.8 Å². The number of nitrogens with zero attached hydrogens (tertiary/aromatic N) is 7. The Morgan fingerprint density at radius 3 is 2.42 bits per heavy atom. The molecule has 3 amide bonds. The summed E-state index contributed by atoms with van der Waals surface area (Å²) in [7, 11) is 1.81. The minimum Gasteiger partial charge on any atom is -0.368 e. The van der Waals surface area contributed by atoms with E-state index in [1.54, 1.807) is 17.7 Å². The van der Waals surface area contributed by atoms with Crippen LogP contribution in [0.15, 0.2) is 24.3 Å². The number of benzene rings is 1. The molecule has 2 aliphatic heterocycles. The van der Waals surface area contributed by atoms with E-state index < -0.39 is 0 Å². The first-order valence-electron chi connectivity index (χ1n) is 14.9. The summed E-state index contributed by atoms with van der Waals surface area (Å²) in [6.45, 7) is 13.4. The van der Waals surface area contributed by atoms with Crippen molar-refractivity contribution >= 4 is 40.6 Å². The molecular formula is C30H41N9O3S. The summed E-state index contributed by atoms with van der Waals surface area (Å²) in [6.07, 6.45) is 1.65. The Morgan fingerprint density at radius 1 is 0.930 bits per heavy atom. The fraction of sp³-hybridized carbons (Fsp3) is 0.533. The number of rotatable bonds is 5. The van der Waals surface area contributed by atoms with E-state index in [2.05, 4.69) is 51.0 Å². The third-order valence-corrected chi connectivity index (χ3v) is 8.79. The van der Waals surface area contributed by atoms with Gasteiger partial charge in [-0.1, -0.05) is 25.3 Å². The first-order chi connectivity index (χ1) is 20.5. The van der Waals surface area contributed by atoms with E-state index in [0.29, 0.717) is 66.8 Å². The number of anilines is 2. The van der Waals surface area contributed by atoms with Crippen LogP contribution < -0.4 is 15.5 Å². The Bertz CT molecular complexity index is 1480. The van der Waals surface area contributed by atoms with Crippen LogP contribution in [-0.2, 0) is 12.5 Å². The third kappa shape index (κ3) is 6.88. The summed E-state index contributed by atoms with van der Waals surface area (Å²) in [4.78, 5) is 46.6. The zero-order chi connectivity index (χ0) is 30.7. The highest BCUT2D eigenvalue weighted by Gasteiger charge is 2.28. The molecule has 43 heavy (non-hydrogen) atoms. The van der Waals surface area contributed by atoms with Gasteiger partial charge in [-0.2, -0.15) is 5.10 Å². The second kappa shape index (κ2) is 12.8. The van der Waals surface area contributed by atoms with Gasteiger partial charge < -0.3 is 25.3 Å². The summed E-state index contributed by atoms with van der Waals surface area (Å²) >= 11 is 1.04. The molecule has 12 nitrogen and oxygen atoms in total. The Morgan fingerprint density at radius 2 is 1.70 bits per heavy atom. The molecule has 4 heterocycles. The summed E-state index contributed by atoms with van der Waals surface area (Å²) in [5.41, 5.74) is 3.75. The molecule has 0 bridgehead atoms. The van der Waals surface area contributed by atoms with Crippen LogP contribution in [0.25, 0.3) is 0 Å². The van der Waals surface area contributed by atoms with E-state index >= 15 is 0 Å². The maximum absolute atomic E-state index is 13.6. The molecule has 2 saturated heterocycles. The molecule has 0 saturated carbocycles. The molecule has 230 valence electrons. The Hall–Kier alpha value is -3.84. The lowest BCUT2D eigenvalue weighted by molar-refractivity contribution is 0.0752. The van der Waals surface area contributed by atoms with Crippen molar-refractivity contribution in [3.63, 3.8) is 0 Å². The molecule has 2 aliphatic rings. The molecule has 1 aromatic carbocycles. The van der Waals surface area contributed by atoms with Crippen molar-refractivity contribution in [2.75, 3.05) is 62.6 Å². The number of hydrogen-bond acceptors (Lipinski definition) is 9. The second-order valence-electron chi connectivity index (χ2n) is 12.2. The summed E-state index contributed by atoms with van der Waals surface area (Å²) in [6, 6.07) is 7.41. The Balaban J connectivity index is 1.38. The van der Waals surface area contributed by atoms with Crippen molar-refractivity contribution in [1.82, 2.24) is 34.5 Å². The van der Waals surface area contributed by atoms with Gasteiger partial charge in [0.15, 0.2) is 0 Å². The van der Waals surface area contributed by atoms with Gasteiger partial charge in [-0.05, 0) is 62.1 Å². The number of carbonyl (C=O) groups is 3. The quantitative estimate of drug-likeness (QED) is 0.453. The number of amides is 3. The van der Waals surface area contributed by atoms with Crippen LogP contribution in [-0.4, -0.2) is 99.2 Å². The van der Waals surface area contributed by atoms with Gasteiger partial charge in [-0.3, -0.25) is 19.1 Å². The number of aryl methyl sites for hydroxylation is 2. The largest absolute Gasteiger partial charge is 0.368 e. The molecule has 3 aromatic rings. The highest BCUT2D eigenvalue weighted by Crippen LogP contribution is 2.30. The molecular weight excluding hydrogens is 566 g/mol. The minimum atomic E-state index is -0.310. The first kappa shape index (κ1) is 30.6. The van der Waals surface area contributed by atoms with Crippen molar-refractivity contribution in [1.29, 1.82) is 0 Å². The van der Waals surface area contributed by atoms with Gasteiger partial charge in [-0.25, -0.2) is 0 Å². The van der Waals surface area contributed by atoms with Gasteiger partial charge >= 0.3 is 0 Å². The van der Waals surface area contributed by atoms with E-state index in [0.717, 1.165) is 48.8 Å². The Labute approximate surface area is 256 Å². The molecule has 0 radical (unpaired) electrons. The fourth-order valence-electron chi connectivity index (χ4n) is 5.45. The predicted octanol–water partition coefficient (Wildman–Crippen LogP) is 2.92. The summed E-state index contributed by atoms with van der Waals surface area (Å²) in [5, 5.41) is 14.9. The van der Waals surface area contributed by atoms with Crippen molar-refractivity contribution in [2.45, 2.75) is 46.0 Å². The molecule has 5 rings (SSSR count). The molecule has 2 N–H and O–H groups in total. The van der Waals surface area contributed by atoms with Crippen LogP contribution in [0.3, 0.4) is 0 Å². The van der Waals surface area contributed by atoms with Gasteiger partial charge in [0, 0.05) is 63.8 Å². The molecule has 0 spiro atoms. The maximum Gasteiger partial charge on any atom is 0.272 e. The number of carbonyl (C=O) groups excluding carboxylic acids is 3. The van der Waals surface area contributed by atoms with E-state index in [1.165, 1.54) is 0 Å². The number of nitrogens with one attached hydrogen (secondary N) is 2. The topological polar surface area (TPSA) is 129 Å². The monoisotopic (exact) mass is 607 g/mol. The lowest BCUT2D eigenvalue weighted by Gasteiger charge is -2.27. The number of aromatic nitrogens is 4. The van der Waals surface area contributed by atoms with Crippen LogP contribution >= 0.6 is 11.5 Å². The summed E-state index contributed by atoms with van der Waals surface area (Å²) in [5.74, 6) is -0.406.